The average Bonchev–Trinajstić information content (AvgIpc) is 2.86. The van der Waals surface area contributed by atoms with Gasteiger partial charge in [0, 0.05) is 0 Å². The molecule has 4 heteroatoms. The molecule has 4 nitrogen and oxygen atoms in total. The van der Waals surface area contributed by atoms with Crippen molar-refractivity contribution in [1.82, 2.24) is 0 Å². The van der Waals surface area contributed by atoms with Gasteiger partial charge in [-0.2, -0.15) is 0 Å². The molecule has 0 bridgehead atoms. The van der Waals surface area contributed by atoms with Crippen molar-refractivity contribution < 1.29 is 19.0 Å². The molecule has 0 saturated carbocycles. The number of carbonyl (C=O) groups excluding carboxylic acids is 1. The van der Waals surface area contributed by atoms with Crippen molar-refractivity contribution in [3.8, 4) is 28.4 Å². The molecule has 0 atom stereocenters. The number of benzene rings is 3. The second kappa shape index (κ2) is 13.3. The normalized spacial score (nSPS) is 10.6. The predicted octanol–water partition coefficient (Wildman–Crippen LogP) is 7.71. The highest BCUT2D eigenvalue weighted by Gasteiger charge is 2.09. The molecule has 0 aliphatic carbocycles. The first-order valence-electron chi connectivity index (χ1n) is 12.0. The van der Waals surface area contributed by atoms with Crippen LogP contribution in [0.1, 0.15) is 62.7 Å². The largest absolute Gasteiger partial charge is 0.494 e. The highest BCUT2D eigenvalue weighted by atomic mass is 16.5. The lowest BCUT2D eigenvalue weighted by Crippen LogP contribution is -2.08. The van der Waals surface area contributed by atoms with Crippen LogP contribution in [0.25, 0.3) is 11.1 Å². The predicted molar refractivity (Wildman–Crippen MR) is 133 cm³/mol. The van der Waals surface area contributed by atoms with Crippen molar-refractivity contribution >= 4 is 5.97 Å². The Morgan fingerprint density at radius 3 is 1.48 bits per heavy atom. The van der Waals surface area contributed by atoms with E-state index in [-0.39, 0.29) is 5.97 Å². The Morgan fingerprint density at radius 2 is 1.00 bits per heavy atom. The van der Waals surface area contributed by atoms with Crippen LogP contribution < -0.4 is 14.2 Å². The Kier molecular flexibility index (Phi) is 9.84. The van der Waals surface area contributed by atoms with Crippen LogP contribution in [0.15, 0.2) is 72.8 Å². The van der Waals surface area contributed by atoms with Gasteiger partial charge in [-0.1, -0.05) is 63.8 Å². The molecule has 0 aliphatic rings. The summed E-state index contributed by atoms with van der Waals surface area (Å²) in [4.78, 5) is 12.5. The van der Waals surface area contributed by atoms with E-state index < -0.39 is 0 Å². The molecule has 0 heterocycles. The van der Waals surface area contributed by atoms with Crippen molar-refractivity contribution in [2.45, 2.75) is 52.4 Å². The van der Waals surface area contributed by atoms with Crippen molar-refractivity contribution in [1.29, 1.82) is 0 Å². The lowest BCUT2D eigenvalue weighted by Gasteiger charge is -2.09. The third-order valence-corrected chi connectivity index (χ3v) is 5.38. The summed E-state index contributed by atoms with van der Waals surface area (Å²) >= 11 is 0. The zero-order valence-electron chi connectivity index (χ0n) is 19.7. The maximum atomic E-state index is 12.5. The lowest BCUT2D eigenvalue weighted by molar-refractivity contribution is 0.0734. The molecular formula is C29H34O4. The van der Waals surface area contributed by atoms with Gasteiger partial charge in [0.1, 0.15) is 17.2 Å². The van der Waals surface area contributed by atoms with Crippen LogP contribution >= 0.6 is 0 Å². The average molecular weight is 447 g/mol. The van der Waals surface area contributed by atoms with Gasteiger partial charge < -0.3 is 14.2 Å². The third-order valence-electron chi connectivity index (χ3n) is 5.38. The maximum Gasteiger partial charge on any atom is 0.343 e. The number of hydrogen-bond acceptors (Lipinski definition) is 4. The van der Waals surface area contributed by atoms with Gasteiger partial charge in [0.15, 0.2) is 0 Å². The number of carbonyl (C=O) groups is 1. The molecule has 0 fully saturated rings. The number of ether oxygens (including phenoxy) is 3. The molecule has 0 radical (unpaired) electrons. The first-order valence-corrected chi connectivity index (χ1v) is 12.0. The van der Waals surface area contributed by atoms with Crippen molar-refractivity contribution in [2.24, 2.45) is 0 Å². The second-order valence-electron chi connectivity index (χ2n) is 8.07. The van der Waals surface area contributed by atoms with Crippen LogP contribution in [-0.2, 0) is 0 Å². The Balaban J connectivity index is 1.51. The van der Waals surface area contributed by atoms with Gasteiger partial charge in [-0.15, -0.1) is 0 Å². The molecule has 0 unspecified atom stereocenters. The number of hydrogen-bond donors (Lipinski definition) is 0. The molecule has 3 aromatic carbocycles. The first-order chi connectivity index (χ1) is 16.2. The molecule has 3 rings (SSSR count). The zero-order valence-corrected chi connectivity index (χ0v) is 19.7. The highest BCUT2D eigenvalue weighted by molar-refractivity contribution is 5.91. The topological polar surface area (TPSA) is 44.8 Å². The fraction of sp³-hybridized carbons (Fsp3) is 0.345. The fourth-order valence-electron chi connectivity index (χ4n) is 3.40. The monoisotopic (exact) mass is 446 g/mol. The standard InChI is InChI=1S/C29H34O4/c1-3-5-7-21-31-26-15-13-24(14-16-26)23-9-11-25(12-10-23)29(30)33-28-19-17-27(18-20-28)32-22-8-6-4-2/h9-20H,3-8,21-22H2,1-2H3. The fourth-order valence-corrected chi connectivity index (χ4v) is 3.40. The first kappa shape index (κ1) is 24.4. The molecule has 33 heavy (non-hydrogen) atoms. The summed E-state index contributed by atoms with van der Waals surface area (Å²) in [7, 11) is 0. The number of unbranched alkanes of at least 4 members (excludes halogenated alkanes) is 4. The summed E-state index contributed by atoms with van der Waals surface area (Å²) in [6.45, 7) is 5.80. The Labute approximate surface area is 197 Å². The molecule has 0 N–H and O–H groups in total. The van der Waals surface area contributed by atoms with Crippen molar-refractivity contribution in [2.75, 3.05) is 13.2 Å². The molecule has 0 spiro atoms. The highest BCUT2D eigenvalue weighted by Crippen LogP contribution is 2.24. The third kappa shape index (κ3) is 7.98. The molecule has 0 amide bonds. The van der Waals surface area contributed by atoms with Crippen LogP contribution in [0.4, 0.5) is 0 Å². The minimum atomic E-state index is -0.381. The summed E-state index contributed by atoms with van der Waals surface area (Å²) in [5.74, 6) is 1.79. The van der Waals surface area contributed by atoms with Gasteiger partial charge in [0.25, 0.3) is 0 Å². The quantitative estimate of drug-likeness (QED) is 0.153. The SMILES string of the molecule is CCCCCOc1ccc(OC(=O)c2ccc(-c3ccc(OCCCCC)cc3)cc2)cc1. The van der Waals surface area contributed by atoms with E-state index in [1.807, 2.05) is 48.5 Å². The zero-order chi connectivity index (χ0) is 23.3. The van der Waals surface area contributed by atoms with E-state index in [4.69, 9.17) is 14.2 Å². The molecule has 0 aliphatic heterocycles. The van der Waals surface area contributed by atoms with Gasteiger partial charge in [-0.25, -0.2) is 4.79 Å². The molecular weight excluding hydrogens is 412 g/mol. The summed E-state index contributed by atoms with van der Waals surface area (Å²) in [5, 5.41) is 0. The summed E-state index contributed by atoms with van der Waals surface area (Å²) in [6, 6.07) is 22.7. The van der Waals surface area contributed by atoms with Crippen LogP contribution in [0, 0.1) is 0 Å². The van der Waals surface area contributed by atoms with E-state index in [0.717, 1.165) is 48.5 Å². The smallest absolute Gasteiger partial charge is 0.343 e. The van der Waals surface area contributed by atoms with E-state index in [0.29, 0.717) is 17.9 Å². The minimum Gasteiger partial charge on any atom is -0.494 e. The van der Waals surface area contributed by atoms with Crippen LogP contribution in [0.2, 0.25) is 0 Å². The second-order valence-corrected chi connectivity index (χ2v) is 8.07. The molecule has 174 valence electrons. The van der Waals surface area contributed by atoms with E-state index in [9.17, 15) is 4.79 Å². The van der Waals surface area contributed by atoms with Gasteiger partial charge >= 0.3 is 5.97 Å². The summed E-state index contributed by atoms with van der Waals surface area (Å²) < 4.78 is 17.0. The van der Waals surface area contributed by atoms with Gasteiger partial charge in [0.2, 0.25) is 0 Å². The summed E-state index contributed by atoms with van der Waals surface area (Å²) in [6.07, 6.45) is 6.82. The van der Waals surface area contributed by atoms with Crippen LogP contribution in [0.3, 0.4) is 0 Å². The molecule has 0 aromatic heterocycles. The van der Waals surface area contributed by atoms with E-state index in [2.05, 4.69) is 13.8 Å². The molecule has 3 aromatic rings. The van der Waals surface area contributed by atoms with Crippen LogP contribution in [0.5, 0.6) is 17.2 Å². The Bertz CT molecular complexity index is 960. The molecule has 0 saturated heterocycles. The van der Waals surface area contributed by atoms with Crippen molar-refractivity contribution in [3.05, 3.63) is 78.4 Å². The van der Waals surface area contributed by atoms with Gasteiger partial charge in [-0.05, 0) is 72.5 Å². The maximum absolute atomic E-state index is 12.5. The number of rotatable bonds is 13. The minimum absolute atomic E-state index is 0.381. The summed E-state index contributed by atoms with van der Waals surface area (Å²) in [5.41, 5.74) is 2.62. The van der Waals surface area contributed by atoms with E-state index in [1.165, 1.54) is 19.3 Å². The van der Waals surface area contributed by atoms with Crippen molar-refractivity contribution in [3.63, 3.8) is 0 Å². The van der Waals surface area contributed by atoms with E-state index in [1.54, 1.807) is 24.3 Å². The Hall–Kier alpha value is -3.27. The van der Waals surface area contributed by atoms with Gasteiger partial charge in [0.05, 0.1) is 18.8 Å². The lowest BCUT2D eigenvalue weighted by atomic mass is 10.0. The van der Waals surface area contributed by atoms with Gasteiger partial charge in [-0.3, -0.25) is 0 Å². The Morgan fingerprint density at radius 1 is 0.576 bits per heavy atom. The number of esters is 1. The van der Waals surface area contributed by atoms with Crippen LogP contribution in [-0.4, -0.2) is 19.2 Å². The van der Waals surface area contributed by atoms with E-state index >= 15 is 0 Å².